The molecule has 0 amide bonds. The van der Waals surface area contributed by atoms with Crippen molar-refractivity contribution in [2.24, 2.45) is 0 Å². The fourth-order valence-corrected chi connectivity index (χ4v) is 2.66. The van der Waals surface area contributed by atoms with Crippen LogP contribution in [0.2, 0.25) is 0 Å². The van der Waals surface area contributed by atoms with Gasteiger partial charge in [-0.3, -0.25) is 0 Å². The zero-order valence-electron chi connectivity index (χ0n) is 9.87. The topological polar surface area (TPSA) is 17.8 Å². The molecule has 2 nitrogen and oxygen atoms in total. The molecule has 0 spiro atoms. The monoisotopic (exact) mass is 312 g/mol. The number of hydrogen-bond donors (Lipinski definition) is 0. The Hall–Kier alpha value is -0.800. The third-order valence-corrected chi connectivity index (χ3v) is 3.60. The van der Waals surface area contributed by atoms with Crippen LogP contribution in [0.3, 0.4) is 0 Å². The zero-order valence-corrected chi connectivity index (χ0v) is 12.2. The van der Waals surface area contributed by atoms with Gasteiger partial charge < -0.3 is 0 Å². The van der Waals surface area contributed by atoms with Gasteiger partial charge in [-0.15, -0.1) is 11.6 Å². The third kappa shape index (κ3) is 2.40. The van der Waals surface area contributed by atoms with Crippen LogP contribution in [-0.2, 0) is 12.3 Å². The molecule has 2 aromatic rings. The van der Waals surface area contributed by atoms with Gasteiger partial charge in [-0.25, -0.2) is 4.68 Å². The molecular formula is C13H14BrClN2. The van der Waals surface area contributed by atoms with Gasteiger partial charge in [0.2, 0.25) is 0 Å². The zero-order chi connectivity index (χ0) is 12.4. The summed E-state index contributed by atoms with van der Waals surface area (Å²) in [5, 5.41) is 4.44. The van der Waals surface area contributed by atoms with Crippen molar-refractivity contribution in [1.29, 1.82) is 0 Å². The number of benzene rings is 1. The number of halogens is 2. The van der Waals surface area contributed by atoms with Crippen molar-refractivity contribution in [3.8, 4) is 5.69 Å². The molecule has 0 N–H and O–H groups in total. The molecule has 0 saturated carbocycles. The fourth-order valence-electron chi connectivity index (χ4n) is 1.96. The normalized spacial score (nSPS) is 10.8. The van der Waals surface area contributed by atoms with Gasteiger partial charge >= 0.3 is 0 Å². The first-order valence-corrected chi connectivity index (χ1v) is 6.88. The molecule has 0 aliphatic carbocycles. The average Bonchev–Trinajstić information content (AvgIpc) is 2.71. The van der Waals surface area contributed by atoms with E-state index in [1.807, 2.05) is 16.9 Å². The standard InChI is InChI=1S/C13H14BrClN2/c1-3-12-10(7-15)8-16-17(12)13-5-4-11(14)6-9(13)2/h4-6,8H,3,7H2,1-2H3. The van der Waals surface area contributed by atoms with Crippen molar-refractivity contribution in [2.75, 3.05) is 0 Å². The second-order valence-corrected chi connectivity index (χ2v) is 5.13. The summed E-state index contributed by atoms with van der Waals surface area (Å²) in [5.41, 5.74) is 4.60. The third-order valence-electron chi connectivity index (χ3n) is 2.82. The van der Waals surface area contributed by atoms with E-state index in [0.717, 1.165) is 22.1 Å². The number of aryl methyl sites for hydroxylation is 1. The maximum atomic E-state index is 5.92. The van der Waals surface area contributed by atoms with Gasteiger partial charge in [0.05, 0.1) is 17.8 Å². The molecule has 0 radical (unpaired) electrons. The molecule has 0 unspecified atom stereocenters. The Morgan fingerprint density at radius 3 is 2.76 bits per heavy atom. The van der Waals surface area contributed by atoms with Crippen LogP contribution in [0.5, 0.6) is 0 Å². The van der Waals surface area contributed by atoms with Crippen LogP contribution in [0.15, 0.2) is 28.9 Å². The van der Waals surface area contributed by atoms with Crippen molar-refractivity contribution in [3.63, 3.8) is 0 Å². The van der Waals surface area contributed by atoms with Gasteiger partial charge in [-0.2, -0.15) is 5.10 Å². The molecule has 2 rings (SSSR count). The first kappa shape index (κ1) is 12.7. The number of nitrogens with zero attached hydrogens (tertiary/aromatic N) is 2. The lowest BCUT2D eigenvalue weighted by atomic mass is 10.2. The highest BCUT2D eigenvalue weighted by molar-refractivity contribution is 9.10. The van der Waals surface area contributed by atoms with E-state index < -0.39 is 0 Å². The number of rotatable bonds is 3. The van der Waals surface area contributed by atoms with Crippen molar-refractivity contribution >= 4 is 27.5 Å². The molecule has 1 aromatic carbocycles. The van der Waals surface area contributed by atoms with Crippen molar-refractivity contribution in [1.82, 2.24) is 9.78 Å². The van der Waals surface area contributed by atoms with Crippen molar-refractivity contribution < 1.29 is 0 Å². The SMILES string of the molecule is CCc1c(CCl)cnn1-c1ccc(Br)cc1C. The van der Waals surface area contributed by atoms with Crippen LogP contribution in [-0.4, -0.2) is 9.78 Å². The van der Waals surface area contributed by atoms with E-state index in [2.05, 4.69) is 47.0 Å². The second kappa shape index (κ2) is 5.23. The van der Waals surface area contributed by atoms with Crippen LogP contribution in [0.25, 0.3) is 5.69 Å². The molecule has 0 fully saturated rings. The molecule has 0 bridgehead atoms. The van der Waals surface area contributed by atoms with Crippen molar-refractivity contribution in [2.45, 2.75) is 26.1 Å². The Kier molecular flexibility index (Phi) is 3.89. The molecule has 0 saturated heterocycles. The number of aromatic nitrogens is 2. The first-order valence-electron chi connectivity index (χ1n) is 5.55. The van der Waals surface area contributed by atoms with Crippen LogP contribution >= 0.6 is 27.5 Å². The van der Waals surface area contributed by atoms with E-state index in [1.54, 1.807) is 0 Å². The maximum absolute atomic E-state index is 5.92. The summed E-state index contributed by atoms with van der Waals surface area (Å²) in [6, 6.07) is 6.20. The summed E-state index contributed by atoms with van der Waals surface area (Å²) < 4.78 is 3.07. The summed E-state index contributed by atoms with van der Waals surface area (Å²) in [4.78, 5) is 0. The summed E-state index contributed by atoms with van der Waals surface area (Å²) in [7, 11) is 0. The van der Waals surface area contributed by atoms with E-state index in [1.165, 1.54) is 11.3 Å². The summed E-state index contributed by atoms with van der Waals surface area (Å²) >= 11 is 9.39. The minimum Gasteiger partial charge on any atom is -0.237 e. The Bertz CT molecular complexity index is 534. The molecule has 4 heteroatoms. The summed E-state index contributed by atoms with van der Waals surface area (Å²) in [6.07, 6.45) is 2.78. The molecule has 17 heavy (non-hydrogen) atoms. The molecule has 1 aromatic heterocycles. The van der Waals surface area contributed by atoms with E-state index in [4.69, 9.17) is 11.6 Å². The summed E-state index contributed by atoms with van der Waals surface area (Å²) in [5.74, 6) is 0.513. The van der Waals surface area contributed by atoms with E-state index in [-0.39, 0.29) is 0 Å². The minimum absolute atomic E-state index is 0.513. The Morgan fingerprint density at radius 2 is 2.18 bits per heavy atom. The highest BCUT2D eigenvalue weighted by Gasteiger charge is 2.11. The molecular weight excluding hydrogens is 300 g/mol. The minimum atomic E-state index is 0.513. The van der Waals surface area contributed by atoms with Crippen LogP contribution < -0.4 is 0 Å². The van der Waals surface area contributed by atoms with Gasteiger partial charge in [-0.05, 0) is 37.1 Å². The van der Waals surface area contributed by atoms with Gasteiger partial charge in [-0.1, -0.05) is 22.9 Å². The summed E-state index contributed by atoms with van der Waals surface area (Å²) in [6.45, 7) is 4.21. The maximum Gasteiger partial charge on any atom is 0.0678 e. The highest BCUT2D eigenvalue weighted by atomic mass is 79.9. The molecule has 90 valence electrons. The van der Waals surface area contributed by atoms with Crippen LogP contribution in [0, 0.1) is 6.92 Å². The highest BCUT2D eigenvalue weighted by Crippen LogP contribution is 2.22. The smallest absolute Gasteiger partial charge is 0.0678 e. The van der Waals surface area contributed by atoms with Gasteiger partial charge in [0.1, 0.15) is 0 Å². The predicted molar refractivity (Wildman–Crippen MR) is 74.9 cm³/mol. The number of alkyl halides is 1. The lowest BCUT2D eigenvalue weighted by molar-refractivity contribution is 0.805. The van der Waals surface area contributed by atoms with E-state index in [9.17, 15) is 0 Å². The first-order chi connectivity index (χ1) is 8.17. The molecule has 0 atom stereocenters. The van der Waals surface area contributed by atoms with E-state index in [0.29, 0.717) is 5.88 Å². The van der Waals surface area contributed by atoms with Crippen LogP contribution in [0.1, 0.15) is 23.7 Å². The van der Waals surface area contributed by atoms with Crippen molar-refractivity contribution in [3.05, 3.63) is 45.7 Å². The van der Waals surface area contributed by atoms with Gasteiger partial charge in [0.25, 0.3) is 0 Å². The molecule has 0 aliphatic heterocycles. The lowest BCUT2D eigenvalue weighted by Crippen LogP contribution is -2.04. The average molecular weight is 314 g/mol. The quantitative estimate of drug-likeness (QED) is 0.775. The van der Waals surface area contributed by atoms with Gasteiger partial charge in [0.15, 0.2) is 0 Å². The lowest BCUT2D eigenvalue weighted by Gasteiger charge is -2.10. The molecule has 1 heterocycles. The van der Waals surface area contributed by atoms with Gasteiger partial charge in [0, 0.05) is 15.7 Å². The Balaban J connectivity index is 2.56. The predicted octanol–water partition coefficient (Wildman–Crippen LogP) is 4.24. The van der Waals surface area contributed by atoms with Crippen LogP contribution in [0.4, 0.5) is 0 Å². The number of hydrogen-bond acceptors (Lipinski definition) is 1. The Morgan fingerprint density at radius 1 is 1.41 bits per heavy atom. The molecule has 0 aliphatic rings. The van der Waals surface area contributed by atoms with E-state index >= 15 is 0 Å². The largest absolute Gasteiger partial charge is 0.237 e. The fraction of sp³-hybridized carbons (Fsp3) is 0.308. The second-order valence-electron chi connectivity index (χ2n) is 3.95. The Labute approximate surface area is 115 Å².